The third-order valence-electron chi connectivity index (χ3n) is 0.697. The molecule has 2 nitrogen and oxygen atoms in total. The van der Waals surface area contributed by atoms with Gasteiger partial charge in [-0.2, -0.15) is 0 Å². The summed E-state index contributed by atoms with van der Waals surface area (Å²) in [7, 11) is 3.42. The molecule has 3 heteroatoms. The van der Waals surface area contributed by atoms with Gasteiger partial charge in [0.05, 0.1) is 9.52 Å². The third-order valence-corrected chi connectivity index (χ3v) is 2.09. The monoisotopic (exact) mass is 120 g/mol. The molecule has 0 aromatic heterocycles. The van der Waals surface area contributed by atoms with E-state index in [-0.39, 0.29) is 9.52 Å². The first-order valence-electron chi connectivity index (χ1n) is 2.39. The van der Waals surface area contributed by atoms with Crippen molar-refractivity contribution in [3.63, 3.8) is 0 Å². The summed E-state index contributed by atoms with van der Waals surface area (Å²) in [5.41, 5.74) is 0. The van der Waals surface area contributed by atoms with Crippen LogP contribution in [0.1, 0.15) is 0 Å². The summed E-state index contributed by atoms with van der Waals surface area (Å²) in [5.74, 6) is 0. The lowest BCUT2D eigenvalue weighted by Crippen LogP contribution is -2.07. The van der Waals surface area contributed by atoms with Crippen molar-refractivity contribution in [2.24, 2.45) is 0 Å². The normalized spacial score (nSPS) is 9.43. The lowest BCUT2D eigenvalue weighted by Gasteiger charge is -1.93. The standard InChI is InChI=1S/C4H12O2Si/c1-5-3-7-4-6-2/h3-4,7H2,1-2H3. The van der Waals surface area contributed by atoms with Gasteiger partial charge in [-0.1, -0.05) is 0 Å². The highest BCUT2D eigenvalue weighted by atomic mass is 28.2. The molecule has 0 aliphatic rings. The zero-order chi connectivity index (χ0) is 5.54. The minimum Gasteiger partial charge on any atom is -0.389 e. The Hall–Kier alpha value is 0.137. The first-order chi connectivity index (χ1) is 3.41. The number of hydrogen-bond donors (Lipinski definition) is 0. The molecule has 0 spiro atoms. The van der Waals surface area contributed by atoms with Crippen molar-refractivity contribution in [1.82, 2.24) is 0 Å². The fraction of sp³-hybridized carbons (Fsp3) is 1.00. The van der Waals surface area contributed by atoms with Gasteiger partial charge in [0.25, 0.3) is 0 Å². The van der Waals surface area contributed by atoms with Gasteiger partial charge in [-0.25, -0.2) is 0 Å². The Balaban J connectivity index is 2.45. The molecule has 0 aliphatic carbocycles. The highest BCUT2D eigenvalue weighted by Gasteiger charge is 1.81. The van der Waals surface area contributed by atoms with Gasteiger partial charge in [-0.15, -0.1) is 0 Å². The van der Waals surface area contributed by atoms with Gasteiger partial charge in [0, 0.05) is 26.7 Å². The Morgan fingerprint density at radius 2 is 1.57 bits per heavy atom. The SMILES string of the molecule is COC[SiH2]COC. The van der Waals surface area contributed by atoms with Crippen molar-refractivity contribution in [1.29, 1.82) is 0 Å². The Labute approximate surface area is 46.6 Å². The average molecular weight is 120 g/mol. The van der Waals surface area contributed by atoms with Gasteiger partial charge in [-0.05, 0) is 0 Å². The van der Waals surface area contributed by atoms with Crippen LogP contribution in [0, 0.1) is 0 Å². The summed E-state index contributed by atoms with van der Waals surface area (Å²) < 4.78 is 9.65. The number of hydrogen-bond acceptors (Lipinski definition) is 2. The summed E-state index contributed by atoms with van der Waals surface area (Å²) in [5, 5.41) is 0. The first kappa shape index (κ1) is 7.14. The molecule has 0 aromatic rings. The smallest absolute Gasteiger partial charge is 0.0822 e. The maximum Gasteiger partial charge on any atom is 0.0822 e. The molecule has 0 saturated heterocycles. The lowest BCUT2D eigenvalue weighted by atomic mass is 11.5. The van der Waals surface area contributed by atoms with E-state index >= 15 is 0 Å². The van der Waals surface area contributed by atoms with Gasteiger partial charge in [0.2, 0.25) is 0 Å². The van der Waals surface area contributed by atoms with Gasteiger partial charge in [-0.3, -0.25) is 0 Å². The Kier molecular flexibility index (Phi) is 6.26. The Bertz CT molecular complexity index is 28.9. The van der Waals surface area contributed by atoms with Crippen LogP contribution in [0.15, 0.2) is 0 Å². The third kappa shape index (κ3) is 6.14. The van der Waals surface area contributed by atoms with Gasteiger partial charge >= 0.3 is 0 Å². The van der Waals surface area contributed by atoms with E-state index in [9.17, 15) is 0 Å². The van der Waals surface area contributed by atoms with Crippen molar-refractivity contribution in [3.05, 3.63) is 0 Å². The molecule has 0 fully saturated rings. The van der Waals surface area contributed by atoms with E-state index < -0.39 is 0 Å². The van der Waals surface area contributed by atoms with Crippen molar-refractivity contribution in [2.75, 3.05) is 26.7 Å². The molecule has 0 rings (SSSR count). The fourth-order valence-electron chi connectivity index (χ4n) is 0.348. The predicted molar refractivity (Wildman–Crippen MR) is 32.3 cm³/mol. The minimum atomic E-state index is -0.0332. The maximum atomic E-state index is 4.83. The molecule has 7 heavy (non-hydrogen) atoms. The molecular formula is C4H12O2Si. The topological polar surface area (TPSA) is 18.5 Å². The highest BCUT2D eigenvalue weighted by molar-refractivity contribution is 6.34. The molecule has 0 N–H and O–H groups in total. The summed E-state index contributed by atoms with van der Waals surface area (Å²) >= 11 is 0. The molecule has 0 atom stereocenters. The second-order valence-electron chi connectivity index (χ2n) is 1.34. The van der Waals surface area contributed by atoms with Crippen LogP contribution in [0.4, 0.5) is 0 Å². The van der Waals surface area contributed by atoms with E-state index in [2.05, 4.69) is 0 Å². The quantitative estimate of drug-likeness (QED) is 0.363. The summed E-state index contributed by atoms with van der Waals surface area (Å²) in [6.07, 6.45) is 1.88. The van der Waals surface area contributed by atoms with Crippen LogP contribution >= 0.6 is 0 Å². The Morgan fingerprint density at radius 3 is 1.86 bits per heavy atom. The van der Waals surface area contributed by atoms with Crippen molar-refractivity contribution < 1.29 is 9.47 Å². The summed E-state index contributed by atoms with van der Waals surface area (Å²) in [4.78, 5) is 0. The first-order valence-corrected chi connectivity index (χ1v) is 4.39. The molecular weight excluding hydrogens is 108 g/mol. The average Bonchev–Trinajstić information content (AvgIpc) is 1.69. The molecule has 0 bridgehead atoms. The van der Waals surface area contributed by atoms with Crippen LogP contribution in [-0.2, 0) is 9.47 Å². The fourth-order valence-corrected chi connectivity index (χ4v) is 1.04. The molecule has 0 aliphatic heterocycles. The van der Waals surface area contributed by atoms with Crippen LogP contribution in [-0.4, -0.2) is 36.2 Å². The zero-order valence-electron chi connectivity index (χ0n) is 4.94. The van der Waals surface area contributed by atoms with E-state index in [1.54, 1.807) is 14.2 Å². The van der Waals surface area contributed by atoms with Crippen LogP contribution in [0.2, 0.25) is 0 Å². The Morgan fingerprint density at radius 1 is 1.14 bits per heavy atom. The van der Waals surface area contributed by atoms with Crippen LogP contribution in [0.3, 0.4) is 0 Å². The van der Waals surface area contributed by atoms with Gasteiger partial charge < -0.3 is 9.47 Å². The molecule has 44 valence electrons. The molecule has 0 radical (unpaired) electrons. The number of methoxy groups -OCH3 is 2. The predicted octanol–water partition coefficient (Wildman–Crippen LogP) is -0.637. The number of rotatable bonds is 4. The zero-order valence-corrected chi connectivity index (χ0v) is 6.35. The maximum absolute atomic E-state index is 4.83. The van der Waals surface area contributed by atoms with Crippen LogP contribution in [0.5, 0.6) is 0 Å². The van der Waals surface area contributed by atoms with E-state index in [1.165, 1.54) is 0 Å². The van der Waals surface area contributed by atoms with Crippen LogP contribution < -0.4 is 0 Å². The van der Waals surface area contributed by atoms with Crippen LogP contribution in [0.25, 0.3) is 0 Å². The van der Waals surface area contributed by atoms with E-state index in [4.69, 9.17) is 9.47 Å². The van der Waals surface area contributed by atoms with Crippen molar-refractivity contribution >= 4 is 9.52 Å². The lowest BCUT2D eigenvalue weighted by molar-refractivity contribution is 0.227. The molecule has 0 heterocycles. The summed E-state index contributed by atoms with van der Waals surface area (Å²) in [6.45, 7) is 0. The van der Waals surface area contributed by atoms with E-state index in [0.717, 1.165) is 12.5 Å². The molecule has 0 saturated carbocycles. The highest BCUT2D eigenvalue weighted by Crippen LogP contribution is 1.65. The minimum absolute atomic E-state index is 0.0332. The number of ether oxygens (including phenoxy) is 2. The largest absolute Gasteiger partial charge is 0.389 e. The summed E-state index contributed by atoms with van der Waals surface area (Å²) in [6, 6.07) is 0. The molecule has 0 amide bonds. The second-order valence-corrected chi connectivity index (χ2v) is 2.86. The molecule has 0 aromatic carbocycles. The van der Waals surface area contributed by atoms with E-state index in [1.807, 2.05) is 0 Å². The van der Waals surface area contributed by atoms with Gasteiger partial charge in [0.15, 0.2) is 0 Å². The van der Waals surface area contributed by atoms with Crippen molar-refractivity contribution in [3.8, 4) is 0 Å². The second kappa shape index (κ2) is 6.14. The van der Waals surface area contributed by atoms with Crippen molar-refractivity contribution in [2.45, 2.75) is 0 Å². The van der Waals surface area contributed by atoms with E-state index in [0.29, 0.717) is 0 Å². The van der Waals surface area contributed by atoms with Gasteiger partial charge in [0.1, 0.15) is 0 Å². The molecule has 0 unspecified atom stereocenters.